The molecule has 7 nitrogen and oxygen atoms in total. The van der Waals surface area contributed by atoms with E-state index in [0.717, 1.165) is 5.56 Å². The lowest BCUT2D eigenvalue weighted by Crippen LogP contribution is -2.39. The number of nitrogens with one attached hydrogen (secondary N) is 2. The molecule has 1 atom stereocenters. The summed E-state index contributed by atoms with van der Waals surface area (Å²) in [6.45, 7) is 7.84. The summed E-state index contributed by atoms with van der Waals surface area (Å²) < 4.78 is 15.9. The second-order valence-corrected chi connectivity index (χ2v) is 6.83. The first-order valence-corrected chi connectivity index (χ1v) is 8.37. The van der Waals surface area contributed by atoms with Gasteiger partial charge in [-0.25, -0.2) is 4.79 Å². The number of hydrogen-bond donors (Lipinski definition) is 2. The number of amides is 2. The summed E-state index contributed by atoms with van der Waals surface area (Å²) in [5.41, 5.74) is 0.906. The zero-order valence-corrected chi connectivity index (χ0v) is 15.0. The summed E-state index contributed by atoms with van der Waals surface area (Å²) in [6.07, 6.45) is -0.570. The topological polar surface area (TPSA) is 85.9 Å². The molecule has 1 unspecified atom stereocenters. The Balaban J connectivity index is 1.76. The summed E-state index contributed by atoms with van der Waals surface area (Å²) in [7, 11) is 0. The fourth-order valence-corrected chi connectivity index (χ4v) is 2.23. The van der Waals surface area contributed by atoms with E-state index in [1.165, 1.54) is 0 Å². The zero-order chi connectivity index (χ0) is 18.3. The largest absolute Gasteiger partial charge is 0.444 e. The molecule has 1 aliphatic heterocycles. The highest BCUT2D eigenvalue weighted by Crippen LogP contribution is 2.08. The fourth-order valence-electron chi connectivity index (χ4n) is 2.23. The summed E-state index contributed by atoms with van der Waals surface area (Å²) in [4.78, 5) is 23.7. The molecule has 1 aliphatic rings. The maximum atomic E-state index is 12.1. The molecule has 0 aromatic heterocycles. The van der Waals surface area contributed by atoms with E-state index >= 15 is 0 Å². The molecule has 25 heavy (non-hydrogen) atoms. The Morgan fingerprint density at radius 1 is 1.16 bits per heavy atom. The predicted molar refractivity (Wildman–Crippen MR) is 92.4 cm³/mol. The number of alkyl carbamates (subject to hydrolysis) is 1. The van der Waals surface area contributed by atoms with Crippen LogP contribution in [0.25, 0.3) is 0 Å². The van der Waals surface area contributed by atoms with Crippen molar-refractivity contribution in [1.29, 1.82) is 0 Å². The van der Waals surface area contributed by atoms with Gasteiger partial charge in [-0.1, -0.05) is 12.1 Å². The van der Waals surface area contributed by atoms with E-state index in [0.29, 0.717) is 38.5 Å². The van der Waals surface area contributed by atoms with Gasteiger partial charge >= 0.3 is 6.09 Å². The van der Waals surface area contributed by atoms with Gasteiger partial charge in [0.15, 0.2) is 0 Å². The van der Waals surface area contributed by atoms with E-state index in [9.17, 15) is 9.59 Å². The van der Waals surface area contributed by atoms with E-state index in [2.05, 4.69) is 10.6 Å². The van der Waals surface area contributed by atoms with Gasteiger partial charge in [-0.05, 0) is 38.5 Å². The van der Waals surface area contributed by atoms with Gasteiger partial charge in [-0.15, -0.1) is 0 Å². The van der Waals surface area contributed by atoms with Crippen LogP contribution in [0.5, 0.6) is 0 Å². The Morgan fingerprint density at radius 3 is 2.48 bits per heavy atom. The number of hydrogen-bond acceptors (Lipinski definition) is 5. The van der Waals surface area contributed by atoms with Crippen LogP contribution in [0.15, 0.2) is 24.3 Å². The van der Waals surface area contributed by atoms with Crippen LogP contribution in [0, 0.1) is 0 Å². The van der Waals surface area contributed by atoms with E-state index < -0.39 is 11.7 Å². The second-order valence-electron chi connectivity index (χ2n) is 6.83. The maximum absolute atomic E-state index is 12.1. The molecule has 138 valence electrons. The molecule has 0 saturated carbocycles. The van der Waals surface area contributed by atoms with Crippen molar-refractivity contribution in [3.8, 4) is 0 Å². The Morgan fingerprint density at radius 2 is 1.88 bits per heavy atom. The fraction of sp³-hybridized carbons (Fsp3) is 0.556. The molecule has 1 aromatic carbocycles. The van der Waals surface area contributed by atoms with Gasteiger partial charge in [-0.2, -0.15) is 0 Å². The molecular formula is C18H26N2O5. The first-order valence-electron chi connectivity index (χ1n) is 8.37. The van der Waals surface area contributed by atoms with Gasteiger partial charge in [-0.3, -0.25) is 4.79 Å². The van der Waals surface area contributed by atoms with Crippen molar-refractivity contribution in [2.24, 2.45) is 0 Å². The standard InChI is InChI=1S/C18H26N2O5/c1-18(2,3)25-17(22)20-10-13-4-6-14(7-5-13)16(21)19-11-15-12-23-8-9-24-15/h4-7,15H,8-12H2,1-3H3,(H,19,21)(H,20,22). The lowest BCUT2D eigenvalue weighted by molar-refractivity contribution is -0.0855. The van der Waals surface area contributed by atoms with E-state index in [1.807, 2.05) is 20.8 Å². The van der Waals surface area contributed by atoms with Crippen LogP contribution in [0.2, 0.25) is 0 Å². The van der Waals surface area contributed by atoms with Crippen molar-refractivity contribution in [1.82, 2.24) is 10.6 Å². The number of carbonyl (C=O) groups is 2. The van der Waals surface area contributed by atoms with Crippen LogP contribution in [-0.4, -0.2) is 50.1 Å². The third kappa shape index (κ3) is 7.11. The van der Waals surface area contributed by atoms with Crippen molar-refractivity contribution in [3.05, 3.63) is 35.4 Å². The highest BCUT2D eigenvalue weighted by atomic mass is 16.6. The Kier molecular flexibility index (Phi) is 6.78. The van der Waals surface area contributed by atoms with Gasteiger partial charge in [0, 0.05) is 18.7 Å². The Hall–Kier alpha value is -2.12. The molecule has 0 bridgehead atoms. The normalized spacial score (nSPS) is 17.6. The highest BCUT2D eigenvalue weighted by molar-refractivity contribution is 5.94. The number of ether oxygens (including phenoxy) is 3. The third-order valence-corrected chi connectivity index (χ3v) is 3.43. The molecule has 0 aliphatic carbocycles. The van der Waals surface area contributed by atoms with Crippen LogP contribution >= 0.6 is 0 Å². The lowest BCUT2D eigenvalue weighted by atomic mass is 10.1. The molecular weight excluding hydrogens is 324 g/mol. The van der Waals surface area contributed by atoms with Gasteiger partial charge in [0.1, 0.15) is 5.60 Å². The van der Waals surface area contributed by atoms with Crippen molar-refractivity contribution in [3.63, 3.8) is 0 Å². The van der Waals surface area contributed by atoms with Crippen molar-refractivity contribution in [2.75, 3.05) is 26.4 Å². The van der Waals surface area contributed by atoms with E-state index in [1.54, 1.807) is 24.3 Å². The molecule has 2 rings (SSSR count). The monoisotopic (exact) mass is 350 g/mol. The first kappa shape index (κ1) is 19.2. The maximum Gasteiger partial charge on any atom is 0.407 e. The van der Waals surface area contributed by atoms with Gasteiger partial charge in [0.25, 0.3) is 5.91 Å². The molecule has 1 saturated heterocycles. The molecule has 0 spiro atoms. The van der Waals surface area contributed by atoms with Crippen LogP contribution < -0.4 is 10.6 Å². The number of rotatable bonds is 5. The summed E-state index contributed by atoms with van der Waals surface area (Å²) >= 11 is 0. The quantitative estimate of drug-likeness (QED) is 0.846. The summed E-state index contributed by atoms with van der Waals surface area (Å²) in [6, 6.07) is 7.04. The van der Waals surface area contributed by atoms with Crippen molar-refractivity contribution in [2.45, 2.75) is 39.0 Å². The molecule has 1 heterocycles. The molecule has 7 heteroatoms. The van der Waals surface area contributed by atoms with E-state index in [4.69, 9.17) is 14.2 Å². The van der Waals surface area contributed by atoms with Gasteiger partial charge in [0.05, 0.1) is 25.9 Å². The van der Waals surface area contributed by atoms with Crippen LogP contribution in [0.3, 0.4) is 0 Å². The molecule has 0 radical (unpaired) electrons. The molecule has 2 amide bonds. The van der Waals surface area contributed by atoms with Crippen molar-refractivity contribution < 1.29 is 23.8 Å². The number of carbonyl (C=O) groups excluding carboxylic acids is 2. The Bertz CT molecular complexity index is 574. The third-order valence-electron chi connectivity index (χ3n) is 3.43. The SMILES string of the molecule is CC(C)(C)OC(=O)NCc1ccc(C(=O)NCC2COCCO2)cc1. The summed E-state index contributed by atoms with van der Waals surface area (Å²) in [5, 5.41) is 5.51. The zero-order valence-electron chi connectivity index (χ0n) is 15.0. The minimum atomic E-state index is -0.529. The summed E-state index contributed by atoms with van der Waals surface area (Å²) in [5.74, 6) is -0.166. The smallest absolute Gasteiger partial charge is 0.407 e. The minimum Gasteiger partial charge on any atom is -0.444 e. The molecule has 2 N–H and O–H groups in total. The highest BCUT2D eigenvalue weighted by Gasteiger charge is 2.17. The molecule has 1 aromatic rings. The predicted octanol–water partition coefficient (Wildman–Crippen LogP) is 1.86. The van der Waals surface area contributed by atoms with Crippen LogP contribution in [0.1, 0.15) is 36.7 Å². The average molecular weight is 350 g/mol. The first-order chi connectivity index (χ1) is 11.8. The van der Waals surface area contributed by atoms with Crippen LogP contribution in [0.4, 0.5) is 4.79 Å². The van der Waals surface area contributed by atoms with Gasteiger partial charge < -0.3 is 24.8 Å². The van der Waals surface area contributed by atoms with Crippen molar-refractivity contribution >= 4 is 12.0 Å². The Labute approximate surface area is 148 Å². The second kappa shape index (κ2) is 8.82. The van der Waals surface area contributed by atoms with Crippen LogP contribution in [-0.2, 0) is 20.8 Å². The number of benzene rings is 1. The lowest BCUT2D eigenvalue weighted by Gasteiger charge is -2.23. The minimum absolute atomic E-state index is 0.102. The van der Waals surface area contributed by atoms with E-state index in [-0.39, 0.29) is 12.0 Å². The molecule has 1 fully saturated rings. The van der Waals surface area contributed by atoms with Gasteiger partial charge in [0.2, 0.25) is 0 Å². The average Bonchev–Trinajstić information content (AvgIpc) is 2.58.